The third-order valence-electron chi connectivity index (χ3n) is 3.37. The summed E-state index contributed by atoms with van der Waals surface area (Å²) >= 11 is 0. The van der Waals surface area contributed by atoms with E-state index in [1.54, 1.807) is 30.3 Å². The molecule has 0 amide bonds. The molecule has 4 nitrogen and oxygen atoms in total. The molecule has 0 unspecified atom stereocenters. The Morgan fingerprint density at radius 1 is 1.05 bits per heavy atom. The highest BCUT2D eigenvalue weighted by Crippen LogP contribution is 2.20. The van der Waals surface area contributed by atoms with E-state index in [1.807, 2.05) is 24.3 Å². The molecule has 0 radical (unpaired) electrons. The number of aromatic amines is 1. The SMILES string of the molecule is COC(=O)c1ccc(-c2cc3ccccc3c(=O)[nH]2)cc1. The second-order valence-corrected chi connectivity index (χ2v) is 4.67. The topological polar surface area (TPSA) is 59.2 Å². The summed E-state index contributed by atoms with van der Waals surface area (Å²) in [6.45, 7) is 0. The van der Waals surface area contributed by atoms with Crippen LogP contribution in [-0.2, 0) is 4.74 Å². The fourth-order valence-electron chi connectivity index (χ4n) is 2.27. The van der Waals surface area contributed by atoms with Crippen LogP contribution in [0.2, 0.25) is 0 Å². The zero-order valence-corrected chi connectivity index (χ0v) is 11.4. The third kappa shape index (κ3) is 2.43. The number of methoxy groups -OCH3 is 1. The molecule has 1 aromatic heterocycles. The van der Waals surface area contributed by atoms with E-state index in [-0.39, 0.29) is 11.5 Å². The molecule has 2 aromatic carbocycles. The second-order valence-electron chi connectivity index (χ2n) is 4.67. The number of carbonyl (C=O) groups excluding carboxylic acids is 1. The molecule has 3 aromatic rings. The van der Waals surface area contributed by atoms with E-state index in [1.165, 1.54) is 7.11 Å². The van der Waals surface area contributed by atoms with Crippen molar-refractivity contribution in [2.24, 2.45) is 0 Å². The quantitative estimate of drug-likeness (QED) is 0.734. The van der Waals surface area contributed by atoms with E-state index < -0.39 is 0 Å². The van der Waals surface area contributed by atoms with Crippen molar-refractivity contribution in [1.29, 1.82) is 0 Å². The summed E-state index contributed by atoms with van der Waals surface area (Å²) < 4.78 is 4.66. The number of hydrogen-bond donors (Lipinski definition) is 1. The molecule has 0 aliphatic rings. The van der Waals surface area contributed by atoms with E-state index >= 15 is 0 Å². The van der Waals surface area contributed by atoms with E-state index in [0.717, 1.165) is 16.6 Å². The van der Waals surface area contributed by atoms with Gasteiger partial charge in [-0.2, -0.15) is 0 Å². The largest absolute Gasteiger partial charge is 0.465 e. The van der Waals surface area contributed by atoms with Crippen LogP contribution in [0.4, 0.5) is 0 Å². The Morgan fingerprint density at radius 3 is 2.48 bits per heavy atom. The van der Waals surface area contributed by atoms with Gasteiger partial charge in [-0.05, 0) is 35.2 Å². The second kappa shape index (κ2) is 5.25. The lowest BCUT2D eigenvalue weighted by Gasteiger charge is -2.05. The summed E-state index contributed by atoms with van der Waals surface area (Å²) in [6.07, 6.45) is 0. The van der Waals surface area contributed by atoms with Gasteiger partial charge >= 0.3 is 5.97 Å². The van der Waals surface area contributed by atoms with Crippen LogP contribution < -0.4 is 5.56 Å². The van der Waals surface area contributed by atoms with Crippen molar-refractivity contribution in [3.63, 3.8) is 0 Å². The molecule has 0 fully saturated rings. The van der Waals surface area contributed by atoms with Crippen molar-refractivity contribution in [1.82, 2.24) is 4.98 Å². The van der Waals surface area contributed by atoms with Gasteiger partial charge in [0.05, 0.1) is 12.7 Å². The maximum atomic E-state index is 12.1. The maximum absolute atomic E-state index is 12.1. The Bertz CT molecular complexity index is 863. The monoisotopic (exact) mass is 279 g/mol. The number of rotatable bonds is 2. The van der Waals surface area contributed by atoms with Crippen LogP contribution in [0.1, 0.15) is 10.4 Å². The molecule has 0 spiro atoms. The van der Waals surface area contributed by atoms with Crippen molar-refractivity contribution in [3.05, 3.63) is 70.5 Å². The Kier molecular flexibility index (Phi) is 3.28. The van der Waals surface area contributed by atoms with Crippen LogP contribution in [0.15, 0.2) is 59.4 Å². The normalized spacial score (nSPS) is 10.5. The zero-order valence-electron chi connectivity index (χ0n) is 11.4. The Labute approximate surface area is 121 Å². The smallest absolute Gasteiger partial charge is 0.337 e. The molecule has 1 heterocycles. The predicted molar refractivity (Wildman–Crippen MR) is 81.3 cm³/mol. The van der Waals surface area contributed by atoms with Gasteiger partial charge in [-0.15, -0.1) is 0 Å². The molecule has 104 valence electrons. The summed E-state index contributed by atoms with van der Waals surface area (Å²) in [6, 6.07) is 16.3. The molecule has 0 bridgehead atoms. The predicted octanol–water partition coefficient (Wildman–Crippen LogP) is 2.98. The van der Waals surface area contributed by atoms with Gasteiger partial charge in [0, 0.05) is 11.1 Å². The van der Waals surface area contributed by atoms with E-state index in [2.05, 4.69) is 9.72 Å². The average molecular weight is 279 g/mol. The molecule has 0 aliphatic carbocycles. The Hall–Kier alpha value is -2.88. The summed E-state index contributed by atoms with van der Waals surface area (Å²) in [5, 5.41) is 1.54. The number of hydrogen-bond acceptors (Lipinski definition) is 3. The molecular formula is C17H13NO3. The number of pyridine rings is 1. The number of ether oxygens (including phenoxy) is 1. The molecule has 4 heteroatoms. The van der Waals surface area contributed by atoms with Gasteiger partial charge in [-0.3, -0.25) is 4.79 Å². The van der Waals surface area contributed by atoms with Gasteiger partial charge < -0.3 is 9.72 Å². The molecule has 0 atom stereocenters. The first-order valence-electron chi connectivity index (χ1n) is 6.50. The van der Waals surface area contributed by atoms with Gasteiger partial charge in [0.25, 0.3) is 5.56 Å². The van der Waals surface area contributed by atoms with E-state index in [0.29, 0.717) is 10.9 Å². The van der Waals surface area contributed by atoms with E-state index in [9.17, 15) is 9.59 Å². The first kappa shape index (κ1) is 13.1. The summed E-state index contributed by atoms with van der Waals surface area (Å²) in [5.41, 5.74) is 1.91. The van der Waals surface area contributed by atoms with E-state index in [4.69, 9.17) is 0 Å². The van der Waals surface area contributed by atoms with Crippen molar-refractivity contribution >= 4 is 16.7 Å². The summed E-state index contributed by atoms with van der Waals surface area (Å²) in [7, 11) is 1.34. The minimum absolute atomic E-state index is 0.125. The van der Waals surface area contributed by atoms with Gasteiger partial charge in [-0.1, -0.05) is 30.3 Å². The molecule has 0 saturated heterocycles. The highest BCUT2D eigenvalue weighted by atomic mass is 16.5. The van der Waals surface area contributed by atoms with Crippen LogP contribution in [0.25, 0.3) is 22.0 Å². The van der Waals surface area contributed by atoms with Gasteiger partial charge in [0.1, 0.15) is 0 Å². The lowest BCUT2D eigenvalue weighted by atomic mass is 10.1. The highest BCUT2D eigenvalue weighted by Gasteiger charge is 2.07. The molecule has 0 saturated carbocycles. The number of esters is 1. The number of H-pyrrole nitrogens is 1. The third-order valence-corrected chi connectivity index (χ3v) is 3.37. The van der Waals surface area contributed by atoms with Crippen molar-refractivity contribution in [2.45, 2.75) is 0 Å². The summed E-state index contributed by atoms with van der Waals surface area (Å²) in [5.74, 6) is -0.381. The Balaban J connectivity index is 2.08. The minimum Gasteiger partial charge on any atom is -0.465 e. The minimum atomic E-state index is -0.381. The first-order chi connectivity index (χ1) is 10.2. The number of nitrogens with one attached hydrogen (secondary N) is 1. The molecule has 1 N–H and O–H groups in total. The Morgan fingerprint density at radius 2 is 1.76 bits per heavy atom. The maximum Gasteiger partial charge on any atom is 0.337 e. The van der Waals surface area contributed by atoms with Crippen LogP contribution in [0.5, 0.6) is 0 Å². The summed E-state index contributed by atoms with van der Waals surface area (Å²) in [4.78, 5) is 26.3. The fourth-order valence-corrected chi connectivity index (χ4v) is 2.27. The number of fused-ring (bicyclic) bond motifs is 1. The number of carbonyl (C=O) groups is 1. The van der Waals surface area contributed by atoms with Gasteiger partial charge in [-0.25, -0.2) is 4.79 Å². The van der Waals surface area contributed by atoms with Crippen molar-refractivity contribution in [3.8, 4) is 11.3 Å². The average Bonchev–Trinajstić information content (AvgIpc) is 2.54. The lowest BCUT2D eigenvalue weighted by molar-refractivity contribution is 0.0601. The van der Waals surface area contributed by atoms with Crippen LogP contribution >= 0.6 is 0 Å². The first-order valence-corrected chi connectivity index (χ1v) is 6.50. The number of benzene rings is 2. The van der Waals surface area contributed by atoms with Crippen LogP contribution in [-0.4, -0.2) is 18.1 Å². The van der Waals surface area contributed by atoms with Gasteiger partial charge in [0.15, 0.2) is 0 Å². The van der Waals surface area contributed by atoms with Crippen molar-refractivity contribution < 1.29 is 9.53 Å². The standard InChI is InChI=1S/C17H13NO3/c1-21-17(20)12-8-6-11(7-9-12)15-10-13-4-2-3-5-14(13)16(19)18-15/h2-10H,1H3,(H,18,19). The highest BCUT2D eigenvalue weighted by molar-refractivity contribution is 5.90. The van der Waals surface area contributed by atoms with Crippen LogP contribution in [0, 0.1) is 0 Å². The van der Waals surface area contributed by atoms with Gasteiger partial charge in [0.2, 0.25) is 0 Å². The number of aromatic nitrogens is 1. The lowest BCUT2D eigenvalue weighted by Crippen LogP contribution is -2.07. The fraction of sp³-hybridized carbons (Fsp3) is 0.0588. The molecular weight excluding hydrogens is 266 g/mol. The molecule has 0 aliphatic heterocycles. The molecule has 3 rings (SSSR count). The van der Waals surface area contributed by atoms with Crippen LogP contribution in [0.3, 0.4) is 0 Å². The van der Waals surface area contributed by atoms with Crippen molar-refractivity contribution in [2.75, 3.05) is 7.11 Å². The zero-order chi connectivity index (χ0) is 14.8. The molecule has 21 heavy (non-hydrogen) atoms.